The second kappa shape index (κ2) is 6.31. The number of carbonyl (C=O) groups excluding carboxylic acids is 1. The van der Waals surface area contributed by atoms with Crippen LogP contribution in [0.3, 0.4) is 0 Å². The van der Waals surface area contributed by atoms with Crippen molar-refractivity contribution in [3.05, 3.63) is 46.5 Å². The molecule has 2 heterocycles. The molecule has 0 saturated heterocycles. The fraction of sp³-hybridized carbons (Fsp3) is 0.375. The van der Waals surface area contributed by atoms with Gasteiger partial charge in [-0.05, 0) is 19.1 Å². The van der Waals surface area contributed by atoms with E-state index in [4.69, 9.17) is 13.7 Å². The fourth-order valence-corrected chi connectivity index (χ4v) is 2.27. The number of para-hydroxylation sites is 2. The Kier molecular flexibility index (Phi) is 4.20. The van der Waals surface area contributed by atoms with Crippen LogP contribution in [-0.2, 0) is 16.1 Å². The quantitative estimate of drug-likeness (QED) is 0.662. The van der Waals surface area contributed by atoms with Crippen LogP contribution in [0.4, 0.5) is 0 Å². The highest BCUT2D eigenvalue weighted by Gasteiger charge is 2.23. The van der Waals surface area contributed by atoms with Crippen LogP contribution >= 0.6 is 0 Å². The third-order valence-corrected chi connectivity index (χ3v) is 3.59. The van der Waals surface area contributed by atoms with Gasteiger partial charge in [0.15, 0.2) is 18.0 Å². The molecule has 3 rings (SSSR count). The Morgan fingerprint density at radius 3 is 2.75 bits per heavy atom. The zero-order chi connectivity index (χ0) is 17.3. The molecule has 3 aromatic rings. The summed E-state index contributed by atoms with van der Waals surface area (Å²) in [5, 5.41) is 3.80. The van der Waals surface area contributed by atoms with Crippen LogP contribution in [0.5, 0.6) is 0 Å². The van der Waals surface area contributed by atoms with Crippen LogP contribution in [0.15, 0.2) is 38.0 Å². The van der Waals surface area contributed by atoms with Crippen molar-refractivity contribution in [3.63, 3.8) is 0 Å². The molecule has 0 aliphatic rings. The van der Waals surface area contributed by atoms with E-state index in [1.807, 2.05) is 13.8 Å². The molecule has 0 N–H and O–H groups in total. The Morgan fingerprint density at radius 1 is 1.29 bits per heavy atom. The Balaban J connectivity index is 1.74. The number of benzene rings is 1. The van der Waals surface area contributed by atoms with Crippen LogP contribution in [0.1, 0.15) is 44.4 Å². The summed E-state index contributed by atoms with van der Waals surface area (Å²) in [5.41, 5.74) is 0.951. The standard InChI is InChI=1S/C16H17N3O5/c1-9(2)14-17-13(24-18-14)8-22-15(20)10(3)19-11-6-4-5-7-12(11)23-16(19)21/h4-7,9-10H,8H2,1-3H3. The average Bonchev–Trinajstić information content (AvgIpc) is 3.15. The number of oxazole rings is 1. The molecule has 0 aliphatic carbocycles. The average molecular weight is 331 g/mol. The zero-order valence-electron chi connectivity index (χ0n) is 13.6. The number of carbonyl (C=O) groups is 1. The molecular weight excluding hydrogens is 314 g/mol. The summed E-state index contributed by atoms with van der Waals surface area (Å²) in [6.45, 7) is 5.28. The lowest BCUT2D eigenvalue weighted by Gasteiger charge is -2.11. The molecule has 1 atom stereocenters. The van der Waals surface area contributed by atoms with Crippen LogP contribution in [0.2, 0.25) is 0 Å². The second-order valence-electron chi connectivity index (χ2n) is 5.69. The Labute approximate surface area is 137 Å². The first-order chi connectivity index (χ1) is 11.5. The largest absolute Gasteiger partial charge is 0.454 e. The number of hydrogen-bond donors (Lipinski definition) is 0. The summed E-state index contributed by atoms with van der Waals surface area (Å²) in [6, 6.07) is 6.04. The molecule has 24 heavy (non-hydrogen) atoms. The van der Waals surface area contributed by atoms with E-state index in [1.54, 1.807) is 31.2 Å². The number of nitrogens with zero attached hydrogens (tertiary/aromatic N) is 3. The molecule has 0 aliphatic heterocycles. The predicted molar refractivity (Wildman–Crippen MR) is 83.4 cm³/mol. The van der Waals surface area contributed by atoms with Gasteiger partial charge in [0.2, 0.25) is 0 Å². The smallest absolute Gasteiger partial charge is 0.420 e. The minimum Gasteiger partial charge on any atom is -0.454 e. The van der Waals surface area contributed by atoms with Crippen molar-refractivity contribution < 1.29 is 18.5 Å². The van der Waals surface area contributed by atoms with E-state index in [9.17, 15) is 9.59 Å². The van der Waals surface area contributed by atoms with Crippen molar-refractivity contribution in [2.75, 3.05) is 0 Å². The van der Waals surface area contributed by atoms with Crippen molar-refractivity contribution in [2.45, 2.75) is 39.3 Å². The summed E-state index contributed by atoms with van der Waals surface area (Å²) in [7, 11) is 0. The van der Waals surface area contributed by atoms with Gasteiger partial charge in [0.25, 0.3) is 5.89 Å². The summed E-state index contributed by atoms with van der Waals surface area (Å²) >= 11 is 0. The fourth-order valence-electron chi connectivity index (χ4n) is 2.27. The molecule has 0 saturated carbocycles. The predicted octanol–water partition coefficient (Wildman–Crippen LogP) is 2.41. The van der Waals surface area contributed by atoms with Crippen molar-refractivity contribution in [1.82, 2.24) is 14.7 Å². The van der Waals surface area contributed by atoms with Gasteiger partial charge in [0.1, 0.15) is 6.04 Å². The molecule has 2 aromatic heterocycles. The molecule has 0 amide bonds. The molecule has 0 radical (unpaired) electrons. The van der Waals surface area contributed by atoms with Gasteiger partial charge in [0.05, 0.1) is 5.52 Å². The van der Waals surface area contributed by atoms with E-state index in [0.717, 1.165) is 0 Å². The second-order valence-corrected chi connectivity index (χ2v) is 5.69. The molecule has 126 valence electrons. The Bertz CT molecular complexity index is 921. The van der Waals surface area contributed by atoms with Gasteiger partial charge in [-0.25, -0.2) is 9.59 Å². The van der Waals surface area contributed by atoms with Gasteiger partial charge in [0, 0.05) is 5.92 Å². The lowest BCUT2D eigenvalue weighted by molar-refractivity contribution is -0.149. The first kappa shape index (κ1) is 16.0. The summed E-state index contributed by atoms with van der Waals surface area (Å²) in [4.78, 5) is 28.4. The highest BCUT2D eigenvalue weighted by Crippen LogP contribution is 2.18. The topological polar surface area (TPSA) is 100 Å². The first-order valence-corrected chi connectivity index (χ1v) is 7.56. The molecule has 8 heteroatoms. The van der Waals surface area contributed by atoms with E-state index < -0.39 is 17.8 Å². The maximum atomic E-state index is 12.2. The molecular formula is C16H17N3O5. The van der Waals surface area contributed by atoms with Crippen LogP contribution in [-0.4, -0.2) is 20.7 Å². The van der Waals surface area contributed by atoms with Gasteiger partial charge in [-0.15, -0.1) is 0 Å². The zero-order valence-corrected chi connectivity index (χ0v) is 13.6. The van der Waals surface area contributed by atoms with E-state index >= 15 is 0 Å². The summed E-state index contributed by atoms with van der Waals surface area (Å²) < 4.78 is 16.6. The molecule has 1 unspecified atom stereocenters. The molecule has 8 nitrogen and oxygen atoms in total. The minimum absolute atomic E-state index is 0.119. The van der Waals surface area contributed by atoms with Crippen molar-refractivity contribution in [3.8, 4) is 0 Å². The third kappa shape index (κ3) is 2.94. The number of hydrogen-bond acceptors (Lipinski definition) is 7. The minimum atomic E-state index is -0.839. The lowest BCUT2D eigenvalue weighted by atomic mass is 10.2. The highest BCUT2D eigenvalue weighted by molar-refractivity contribution is 5.79. The van der Waals surface area contributed by atoms with E-state index in [-0.39, 0.29) is 18.4 Å². The lowest BCUT2D eigenvalue weighted by Crippen LogP contribution is -2.26. The normalized spacial score (nSPS) is 12.7. The molecule has 0 spiro atoms. The van der Waals surface area contributed by atoms with Crippen molar-refractivity contribution >= 4 is 17.1 Å². The summed E-state index contributed by atoms with van der Waals surface area (Å²) in [5.74, 6) is -0.323. The van der Waals surface area contributed by atoms with Gasteiger partial charge in [-0.3, -0.25) is 4.57 Å². The molecule has 1 aromatic carbocycles. The SMILES string of the molecule is CC(C)c1noc(COC(=O)C(C)n2c(=O)oc3ccccc32)n1. The van der Waals surface area contributed by atoms with Crippen LogP contribution < -0.4 is 5.76 Å². The monoisotopic (exact) mass is 331 g/mol. The number of rotatable bonds is 5. The van der Waals surface area contributed by atoms with Crippen LogP contribution in [0.25, 0.3) is 11.1 Å². The highest BCUT2D eigenvalue weighted by atomic mass is 16.6. The number of aromatic nitrogens is 3. The van der Waals surface area contributed by atoms with E-state index in [0.29, 0.717) is 16.9 Å². The first-order valence-electron chi connectivity index (χ1n) is 7.56. The van der Waals surface area contributed by atoms with Crippen molar-refractivity contribution in [1.29, 1.82) is 0 Å². The summed E-state index contributed by atoms with van der Waals surface area (Å²) in [6.07, 6.45) is 0. The molecule has 0 bridgehead atoms. The Morgan fingerprint density at radius 2 is 2.04 bits per heavy atom. The number of ether oxygens (including phenoxy) is 1. The molecule has 0 fully saturated rings. The van der Waals surface area contributed by atoms with Gasteiger partial charge < -0.3 is 13.7 Å². The van der Waals surface area contributed by atoms with Gasteiger partial charge in [-0.2, -0.15) is 4.98 Å². The maximum absolute atomic E-state index is 12.2. The number of fused-ring (bicyclic) bond motifs is 1. The van der Waals surface area contributed by atoms with Crippen molar-refractivity contribution in [2.24, 2.45) is 0 Å². The van der Waals surface area contributed by atoms with Gasteiger partial charge in [-0.1, -0.05) is 31.1 Å². The Hall–Kier alpha value is -2.90. The van der Waals surface area contributed by atoms with Crippen LogP contribution in [0, 0.1) is 0 Å². The van der Waals surface area contributed by atoms with E-state index in [1.165, 1.54) is 4.57 Å². The van der Waals surface area contributed by atoms with Gasteiger partial charge >= 0.3 is 11.7 Å². The number of esters is 1. The van der Waals surface area contributed by atoms with E-state index in [2.05, 4.69) is 10.1 Å². The third-order valence-electron chi connectivity index (χ3n) is 3.59. The maximum Gasteiger partial charge on any atom is 0.420 e.